The summed E-state index contributed by atoms with van der Waals surface area (Å²) in [5.41, 5.74) is 2.10. The number of nitrogens with zero attached hydrogens (tertiary/aromatic N) is 2. The molecule has 126 valence electrons. The largest absolute Gasteiger partial charge is 0.445 e. The van der Waals surface area contributed by atoms with Crippen LogP contribution in [0.4, 0.5) is 4.79 Å². The molecule has 0 N–H and O–H groups in total. The van der Waals surface area contributed by atoms with E-state index in [9.17, 15) is 9.59 Å². The fourth-order valence-corrected chi connectivity index (χ4v) is 4.04. The minimum Gasteiger partial charge on any atom is -0.445 e. The van der Waals surface area contributed by atoms with Crippen molar-refractivity contribution in [1.29, 1.82) is 0 Å². The van der Waals surface area contributed by atoms with Gasteiger partial charge < -0.3 is 14.5 Å². The molecule has 0 spiro atoms. The van der Waals surface area contributed by atoms with Gasteiger partial charge in [0.15, 0.2) is 0 Å². The minimum absolute atomic E-state index is 0.0803. The second-order valence-electron chi connectivity index (χ2n) is 6.84. The average Bonchev–Trinajstić information content (AvgIpc) is 2.65. The van der Waals surface area contributed by atoms with Crippen LogP contribution < -0.4 is 0 Å². The lowest BCUT2D eigenvalue weighted by atomic mass is 9.80. The first-order chi connectivity index (χ1) is 11.7. The molecular formula is C19H22N2O3. The van der Waals surface area contributed by atoms with Crippen molar-refractivity contribution in [2.45, 2.75) is 25.9 Å². The van der Waals surface area contributed by atoms with Crippen molar-refractivity contribution in [2.75, 3.05) is 19.6 Å². The third kappa shape index (κ3) is 2.79. The summed E-state index contributed by atoms with van der Waals surface area (Å²) in [5.74, 6) is 0.368. The molecule has 2 bridgehead atoms. The Morgan fingerprint density at radius 1 is 1.17 bits per heavy atom. The highest BCUT2D eigenvalue weighted by atomic mass is 16.6. The van der Waals surface area contributed by atoms with Crippen molar-refractivity contribution in [3.05, 3.63) is 47.7 Å². The number of piperidine rings is 2. The van der Waals surface area contributed by atoms with E-state index in [4.69, 9.17) is 4.74 Å². The molecule has 1 aromatic carbocycles. The number of fused-ring (bicyclic) bond motifs is 4. The maximum absolute atomic E-state index is 12.6. The standard InChI is InChI=1S/C19H22N2O3/c22-18-16-10-15(17-8-4-5-9-21(17)18)11-20(12-16)19(23)24-13-14-6-2-1-3-7-14/h1-3,6-8,15-16H,4-5,9-13H2/t15-,16+/m0/s1. The van der Waals surface area contributed by atoms with Crippen LogP contribution in [-0.2, 0) is 16.1 Å². The molecule has 2 saturated heterocycles. The summed E-state index contributed by atoms with van der Waals surface area (Å²) in [6.07, 6.45) is 4.80. The number of hydrogen-bond donors (Lipinski definition) is 0. The summed E-state index contributed by atoms with van der Waals surface area (Å²) in [6.45, 7) is 2.23. The SMILES string of the molecule is O=C(OCc1ccccc1)N1C[C@H]2C[C@@H](C1)C1=CCCCN1C2=O. The number of amides is 2. The van der Waals surface area contributed by atoms with Gasteiger partial charge in [-0.3, -0.25) is 4.79 Å². The van der Waals surface area contributed by atoms with Crippen LogP contribution in [0.3, 0.4) is 0 Å². The number of ether oxygens (including phenoxy) is 1. The monoisotopic (exact) mass is 326 g/mol. The molecule has 2 amide bonds. The lowest BCUT2D eigenvalue weighted by Gasteiger charge is -2.47. The predicted octanol–water partition coefficient (Wildman–Crippen LogP) is 2.78. The average molecular weight is 326 g/mol. The molecule has 0 aliphatic carbocycles. The molecule has 0 saturated carbocycles. The first kappa shape index (κ1) is 15.2. The number of allylic oxidation sites excluding steroid dienone is 1. The third-order valence-electron chi connectivity index (χ3n) is 5.20. The van der Waals surface area contributed by atoms with E-state index in [1.54, 1.807) is 4.90 Å². The Hall–Kier alpha value is -2.30. The lowest BCUT2D eigenvalue weighted by molar-refractivity contribution is -0.140. The molecule has 1 aromatic rings. The lowest BCUT2D eigenvalue weighted by Crippen LogP contribution is -2.56. The second-order valence-corrected chi connectivity index (χ2v) is 6.84. The minimum atomic E-state index is -0.314. The van der Waals surface area contributed by atoms with Gasteiger partial charge in [0.25, 0.3) is 0 Å². The molecule has 3 aliphatic rings. The van der Waals surface area contributed by atoms with E-state index < -0.39 is 0 Å². The van der Waals surface area contributed by atoms with Crippen molar-refractivity contribution in [3.8, 4) is 0 Å². The molecular weight excluding hydrogens is 304 g/mol. The van der Waals surface area contributed by atoms with Gasteiger partial charge in [-0.15, -0.1) is 0 Å². The number of rotatable bonds is 2. The van der Waals surface area contributed by atoms with E-state index in [2.05, 4.69) is 6.08 Å². The Morgan fingerprint density at radius 2 is 1.96 bits per heavy atom. The Labute approximate surface area is 141 Å². The normalized spacial score (nSPS) is 25.8. The van der Waals surface area contributed by atoms with Crippen LogP contribution in [-0.4, -0.2) is 41.4 Å². The number of carbonyl (C=O) groups excluding carboxylic acids is 2. The highest BCUT2D eigenvalue weighted by molar-refractivity contribution is 5.83. The number of benzene rings is 1. The van der Waals surface area contributed by atoms with Crippen LogP contribution in [0.15, 0.2) is 42.1 Å². The maximum Gasteiger partial charge on any atom is 0.410 e. The van der Waals surface area contributed by atoms with Gasteiger partial charge in [-0.25, -0.2) is 4.79 Å². The van der Waals surface area contributed by atoms with Gasteiger partial charge in [-0.1, -0.05) is 36.4 Å². The van der Waals surface area contributed by atoms with Gasteiger partial charge in [0.2, 0.25) is 5.91 Å². The highest BCUT2D eigenvalue weighted by Crippen LogP contribution is 2.38. The Morgan fingerprint density at radius 3 is 2.79 bits per heavy atom. The van der Waals surface area contributed by atoms with Crippen molar-refractivity contribution in [2.24, 2.45) is 11.8 Å². The Kier molecular flexibility index (Phi) is 4.00. The smallest absolute Gasteiger partial charge is 0.410 e. The van der Waals surface area contributed by atoms with E-state index in [1.165, 1.54) is 0 Å². The molecule has 3 aliphatic heterocycles. The summed E-state index contributed by atoms with van der Waals surface area (Å²) in [4.78, 5) is 28.7. The van der Waals surface area contributed by atoms with Gasteiger partial charge in [-0.2, -0.15) is 0 Å². The van der Waals surface area contributed by atoms with Crippen LogP contribution in [0.5, 0.6) is 0 Å². The van der Waals surface area contributed by atoms with Gasteiger partial charge >= 0.3 is 6.09 Å². The van der Waals surface area contributed by atoms with Crippen molar-refractivity contribution >= 4 is 12.0 Å². The van der Waals surface area contributed by atoms with Gasteiger partial charge in [0, 0.05) is 31.2 Å². The zero-order valence-electron chi connectivity index (χ0n) is 13.7. The quantitative estimate of drug-likeness (QED) is 0.840. The molecule has 2 atom stereocenters. The van der Waals surface area contributed by atoms with E-state index in [0.717, 1.165) is 37.1 Å². The van der Waals surface area contributed by atoms with Crippen LogP contribution in [0.25, 0.3) is 0 Å². The van der Waals surface area contributed by atoms with Crippen LogP contribution in [0, 0.1) is 11.8 Å². The van der Waals surface area contributed by atoms with Crippen molar-refractivity contribution in [1.82, 2.24) is 9.80 Å². The van der Waals surface area contributed by atoms with Crippen molar-refractivity contribution < 1.29 is 14.3 Å². The van der Waals surface area contributed by atoms with Crippen LogP contribution in [0.1, 0.15) is 24.8 Å². The molecule has 4 rings (SSSR count). The van der Waals surface area contributed by atoms with E-state index in [1.807, 2.05) is 35.2 Å². The molecule has 0 unspecified atom stereocenters. The number of carbonyl (C=O) groups is 2. The zero-order chi connectivity index (χ0) is 16.5. The van der Waals surface area contributed by atoms with E-state index >= 15 is 0 Å². The third-order valence-corrected chi connectivity index (χ3v) is 5.20. The maximum atomic E-state index is 12.6. The zero-order valence-corrected chi connectivity index (χ0v) is 13.7. The molecule has 3 heterocycles. The topological polar surface area (TPSA) is 49.9 Å². The second kappa shape index (κ2) is 6.30. The first-order valence-corrected chi connectivity index (χ1v) is 8.69. The highest BCUT2D eigenvalue weighted by Gasteiger charge is 2.44. The van der Waals surface area contributed by atoms with Gasteiger partial charge in [0.05, 0.1) is 5.92 Å². The predicted molar refractivity (Wildman–Crippen MR) is 88.8 cm³/mol. The van der Waals surface area contributed by atoms with Crippen molar-refractivity contribution in [3.63, 3.8) is 0 Å². The summed E-state index contributed by atoms with van der Waals surface area (Å²) in [7, 11) is 0. The van der Waals surface area contributed by atoms with Crippen LogP contribution in [0.2, 0.25) is 0 Å². The molecule has 0 radical (unpaired) electrons. The number of hydrogen-bond acceptors (Lipinski definition) is 3. The summed E-state index contributed by atoms with van der Waals surface area (Å²) >= 11 is 0. The van der Waals surface area contributed by atoms with Crippen LogP contribution >= 0.6 is 0 Å². The van der Waals surface area contributed by atoms with E-state index in [0.29, 0.717) is 13.1 Å². The Balaban J connectivity index is 1.43. The van der Waals surface area contributed by atoms with Gasteiger partial charge in [-0.05, 0) is 24.8 Å². The summed E-state index contributed by atoms with van der Waals surface area (Å²) in [5, 5.41) is 0. The molecule has 5 heteroatoms. The molecule has 24 heavy (non-hydrogen) atoms. The molecule has 2 fully saturated rings. The van der Waals surface area contributed by atoms with Gasteiger partial charge in [0.1, 0.15) is 6.61 Å². The fourth-order valence-electron chi connectivity index (χ4n) is 4.04. The summed E-state index contributed by atoms with van der Waals surface area (Å²) in [6, 6.07) is 9.67. The first-order valence-electron chi connectivity index (χ1n) is 8.69. The Bertz CT molecular complexity index is 670. The number of likely N-dealkylation sites (tertiary alicyclic amines) is 1. The fraction of sp³-hybridized carbons (Fsp3) is 0.474. The molecule has 0 aromatic heterocycles. The molecule has 5 nitrogen and oxygen atoms in total. The summed E-state index contributed by atoms with van der Waals surface area (Å²) < 4.78 is 5.45. The van der Waals surface area contributed by atoms with E-state index in [-0.39, 0.29) is 30.4 Å².